The van der Waals surface area contributed by atoms with Crippen molar-refractivity contribution < 1.29 is 32.6 Å². The van der Waals surface area contributed by atoms with E-state index < -0.39 is 18.2 Å². The van der Waals surface area contributed by atoms with Crippen LogP contribution in [0.2, 0.25) is 0 Å². The Kier molecular flexibility index (Phi) is 5.44. The van der Waals surface area contributed by atoms with Crippen LogP contribution in [0.15, 0.2) is 36.4 Å². The fraction of sp³-hybridized carbons (Fsp3) is 0.263. The maximum Gasteiger partial charge on any atom is 0.586 e. The first kappa shape index (κ1) is 20.2. The third-order valence-corrected chi connectivity index (χ3v) is 3.96. The molecule has 2 aromatic rings. The van der Waals surface area contributed by atoms with E-state index in [1.807, 2.05) is 0 Å². The molecule has 0 saturated carbocycles. The van der Waals surface area contributed by atoms with E-state index in [1.54, 1.807) is 25.1 Å². The normalized spacial score (nSPS) is 14.7. The molecule has 0 bridgehead atoms. The average molecular weight is 407 g/mol. The molecule has 0 radical (unpaired) electrons. The number of carbonyl (C=O) groups is 2. The molecule has 1 aliphatic rings. The molecule has 0 spiro atoms. The van der Waals surface area contributed by atoms with Crippen molar-refractivity contribution in [1.29, 1.82) is 0 Å². The van der Waals surface area contributed by atoms with Crippen LogP contribution in [0.4, 0.5) is 25.8 Å². The number of amides is 2. The summed E-state index contributed by atoms with van der Waals surface area (Å²) in [5.41, 5.74) is 1.25. The zero-order valence-corrected chi connectivity index (χ0v) is 15.8. The van der Waals surface area contributed by atoms with Crippen LogP contribution in [0.25, 0.3) is 0 Å². The second kappa shape index (κ2) is 7.82. The van der Waals surface area contributed by atoms with Gasteiger partial charge in [-0.05, 0) is 37.3 Å². The number of rotatable bonds is 6. The van der Waals surface area contributed by atoms with Crippen LogP contribution >= 0.6 is 0 Å². The van der Waals surface area contributed by atoms with Crippen LogP contribution in [0.1, 0.15) is 13.8 Å². The third-order valence-electron chi connectivity index (χ3n) is 3.96. The highest BCUT2D eigenvalue weighted by Gasteiger charge is 2.43. The van der Waals surface area contributed by atoms with Gasteiger partial charge in [0.2, 0.25) is 11.8 Å². The molecule has 0 fully saturated rings. The Hall–Kier alpha value is -3.56. The van der Waals surface area contributed by atoms with E-state index in [1.165, 1.54) is 32.2 Å². The van der Waals surface area contributed by atoms with E-state index in [2.05, 4.69) is 25.4 Å². The maximum absolute atomic E-state index is 13.1. The van der Waals surface area contributed by atoms with Crippen molar-refractivity contribution in [3.63, 3.8) is 0 Å². The Bertz CT molecular complexity index is 951. The predicted octanol–water partition coefficient (Wildman–Crippen LogP) is 3.41. The molecule has 1 heterocycles. The van der Waals surface area contributed by atoms with Crippen molar-refractivity contribution in [2.45, 2.75) is 26.2 Å². The van der Waals surface area contributed by atoms with Gasteiger partial charge in [0.15, 0.2) is 11.5 Å². The van der Waals surface area contributed by atoms with Crippen LogP contribution in [-0.2, 0) is 9.59 Å². The minimum atomic E-state index is -3.71. The molecule has 0 saturated heterocycles. The van der Waals surface area contributed by atoms with Crippen LogP contribution in [0, 0.1) is 0 Å². The van der Waals surface area contributed by atoms with Crippen LogP contribution in [0.3, 0.4) is 0 Å². The van der Waals surface area contributed by atoms with Gasteiger partial charge < -0.3 is 30.2 Å². The van der Waals surface area contributed by atoms with E-state index in [0.29, 0.717) is 22.8 Å². The second-order valence-corrected chi connectivity index (χ2v) is 6.28. The Morgan fingerprint density at radius 3 is 2.41 bits per heavy atom. The lowest BCUT2D eigenvalue weighted by molar-refractivity contribution is -0.286. The molecule has 154 valence electrons. The Morgan fingerprint density at radius 1 is 1.03 bits per heavy atom. The van der Waals surface area contributed by atoms with Gasteiger partial charge in [-0.2, -0.15) is 0 Å². The van der Waals surface area contributed by atoms with Crippen LogP contribution in [-0.4, -0.2) is 31.3 Å². The number of nitrogens with one attached hydrogen (secondary N) is 3. The van der Waals surface area contributed by atoms with Gasteiger partial charge in [0, 0.05) is 24.4 Å². The molecule has 0 aromatic heterocycles. The predicted molar refractivity (Wildman–Crippen MR) is 102 cm³/mol. The summed E-state index contributed by atoms with van der Waals surface area (Å²) >= 11 is 0. The SMILES string of the molecule is COc1ccc(NC(C)=O)cc1NC(=O)[C@@H](C)Nc1ccc2c(c1)OC(F)(F)O2. The molecule has 29 heavy (non-hydrogen) atoms. The molecule has 3 N–H and O–H groups in total. The van der Waals surface area contributed by atoms with Gasteiger partial charge in [-0.1, -0.05) is 0 Å². The summed E-state index contributed by atoms with van der Waals surface area (Å²) in [6.45, 7) is 2.97. The van der Waals surface area contributed by atoms with E-state index in [0.717, 1.165) is 0 Å². The summed E-state index contributed by atoms with van der Waals surface area (Å²) < 4.78 is 40.2. The number of anilines is 3. The van der Waals surface area contributed by atoms with E-state index in [4.69, 9.17) is 4.74 Å². The lowest BCUT2D eigenvalue weighted by Crippen LogP contribution is -2.32. The van der Waals surface area contributed by atoms with Gasteiger partial charge in [0.05, 0.1) is 12.8 Å². The maximum atomic E-state index is 13.1. The fourth-order valence-electron chi connectivity index (χ4n) is 2.68. The number of hydrogen-bond donors (Lipinski definition) is 3. The quantitative estimate of drug-likeness (QED) is 0.679. The van der Waals surface area contributed by atoms with Gasteiger partial charge in [0.25, 0.3) is 0 Å². The molecule has 2 aromatic carbocycles. The highest BCUT2D eigenvalue weighted by molar-refractivity contribution is 5.98. The molecular weight excluding hydrogens is 388 g/mol. The van der Waals surface area contributed by atoms with Crippen LogP contribution in [0.5, 0.6) is 17.2 Å². The fourth-order valence-corrected chi connectivity index (χ4v) is 2.68. The van der Waals surface area contributed by atoms with E-state index >= 15 is 0 Å². The Balaban J connectivity index is 1.69. The number of benzene rings is 2. The first-order chi connectivity index (χ1) is 13.7. The minimum Gasteiger partial charge on any atom is -0.495 e. The zero-order chi connectivity index (χ0) is 21.2. The topological polar surface area (TPSA) is 97.9 Å². The molecule has 10 heteroatoms. The third kappa shape index (κ3) is 4.84. The number of alkyl halides is 2. The molecule has 3 rings (SSSR count). The summed E-state index contributed by atoms with van der Waals surface area (Å²) in [4.78, 5) is 23.8. The summed E-state index contributed by atoms with van der Waals surface area (Å²) in [6.07, 6.45) is -3.71. The van der Waals surface area contributed by atoms with E-state index in [-0.39, 0.29) is 17.4 Å². The number of fused-ring (bicyclic) bond motifs is 1. The molecule has 1 atom stereocenters. The number of carbonyl (C=O) groups excluding carboxylic acids is 2. The summed E-state index contributed by atoms with van der Waals surface area (Å²) in [7, 11) is 1.45. The van der Waals surface area contributed by atoms with E-state index in [9.17, 15) is 18.4 Å². The molecule has 8 nitrogen and oxygen atoms in total. The largest absolute Gasteiger partial charge is 0.586 e. The number of methoxy groups -OCH3 is 1. The number of hydrogen-bond acceptors (Lipinski definition) is 6. The monoisotopic (exact) mass is 407 g/mol. The second-order valence-electron chi connectivity index (χ2n) is 6.28. The Labute approximate surface area is 165 Å². The minimum absolute atomic E-state index is 0.0859. The summed E-state index contributed by atoms with van der Waals surface area (Å²) in [5.74, 6) is -0.471. The van der Waals surface area contributed by atoms with Gasteiger partial charge in [0.1, 0.15) is 11.8 Å². The van der Waals surface area contributed by atoms with Gasteiger partial charge in [-0.15, -0.1) is 8.78 Å². The molecule has 0 unspecified atom stereocenters. The number of ether oxygens (including phenoxy) is 3. The standard InChI is InChI=1S/C19H19F2N3O5/c1-10(22-13-5-7-16-17(9-13)29-19(20,21)28-16)18(26)24-14-8-12(23-11(2)25)4-6-15(14)27-3/h4-10,22H,1-3H3,(H,23,25)(H,24,26)/t10-/m1/s1. The molecule has 0 aliphatic carbocycles. The Morgan fingerprint density at radius 2 is 1.72 bits per heavy atom. The molecule has 1 aliphatic heterocycles. The van der Waals surface area contributed by atoms with Crippen molar-refractivity contribution in [1.82, 2.24) is 0 Å². The van der Waals surface area contributed by atoms with Crippen molar-refractivity contribution in [2.75, 3.05) is 23.1 Å². The number of halogens is 2. The average Bonchev–Trinajstić information content (AvgIpc) is 2.94. The van der Waals surface area contributed by atoms with Crippen LogP contribution < -0.4 is 30.2 Å². The first-order valence-corrected chi connectivity index (χ1v) is 8.60. The smallest absolute Gasteiger partial charge is 0.495 e. The van der Waals surface area contributed by atoms with Crippen molar-refractivity contribution in [2.24, 2.45) is 0 Å². The zero-order valence-electron chi connectivity index (χ0n) is 15.8. The molecular formula is C19H19F2N3O5. The highest BCUT2D eigenvalue weighted by atomic mass is 19.3. The lowest BCUT2D eigenvalue weighted by atomic mass is 10.2. The lowest BCUT2D eigenvalue weighted by Gasteiger charge is -2.17. The highest BCUT2D eigenvalue weighted by Crippen LogP contribution is 2.42. The van der Waals surface area contributed by atoms with Crippen molar-refractivity contribution >= 4 is 28.9 Å². The van der Waals surface area contributed by atoms with Crippen molar-refractivity contribution in [3.8, 4) is 17.2 Å². The van der Waals surface area contributed by atoms with Gasteiger partial charge in [-0.25, -0.2) is 0 Å². The summed E-state index contributed by atoms with van der Waals surface area (Å²) in [5, 5.41) is 8.23. The molecule has 2 amide bonds. The first-order valence-electron chi connectivity index (χ1n) is 8.60. The van der Waals surface area contributed by atoms with Crippen molar-refractivity contribution in [3.05, 3.63) is 36.4 Å². The summed E-state index contributed by atoms with van der Waals surface area (Å²) in [6, 6.07) is 8.21. The van der Waals surface area contributed by atoms with Gasteiger partial charge >= 0.3 is 6.29 Å². The van der Waals surface area contributed by atoms with Gasteiger partial charge in [-0.3, -0.25) is 9.59 Å².